The number of fused-ring (bicyclic) bond motifs is 1. The molecule has 5 nitrogen and oxygen atoms in total. The molecule has 2 amide bonds. The Labute approximate surface area is 146 Å². The molecule has 6 heteroatoms. The minimum atomic E-state index is -0.870. The first kappa shape index (κ1) is 17.4. The number of β-amino-alcohol motifs (C(OH)–C–C–N with tert-alkyl or cyclic N) is 1. The summed E-state index contributed by atoms with van der Waals surface area (Å²) >= 11 is 5.82. The third kappa shape index (κ3) is 3.79. The summed E-state index contributed by atoms with van der Waals surface area (Å²) in [4.78, 5) is 25.9. The van der Waals surface area contributed by atoms with Crippen molar-refractivity contribution in [2.75, 3.05) is 13.2 Å². The van der Waals surface area contributed by atoms with Crippen LogP contribution in [0.25, 0.3) is 0 Å². The predicted molar refractivity (Wildman–Crippen MR) is 89.3 cm³/mol. The van der Waals surface area contributed by atoms with Gasteiger partial charge in [-0.1, -0.05) is 36.6 Å². The molecule has 1 aromatic rings. The van der Waals surface area contributed by atoms with Crippen LogP contribution in [-0.4, -0.2) is 41.1 Å². The summed E-state index contributed by atoms with van der Waals surface area (Å²) in [5.74, 6) is -0.593. The Kier molecular flexibility index (Phi) is 5.54. The standard InChI is InChI=1S/C18H22ClNO4/c19-13-7-5-12(6-8-13)10-24-11-14(21)9-20-17(22)15-3-1-2-4-16(15)18(20)23/h5-8,14-16,21H,1-4,9-11H2/t14-,15-,16+/m1/s1. The molecule has 2 aliphatic rings. The van der Waals surface area contributed by atoms with E-state index in [0.717, 1.165) is 31.2 Å². The maximum Gasteiger partial charge on any atom is 0.233 e. The molecule has 130 valence electrons. The summed E-state index contributed by atoms with van der Waals surface area (Å²) in [6.07, 6.45) is 2.70. The van der Waals surface area contributed by atoms with Gasteiger partial charge in [0.15, 0.2) is 0 Å². The van der Waals surface area contributed by atoms with Gasteiger partial charge in [-0.05, 0) is 30.5 Å². The SMILES string of the molecule is O=C1[C@H]2CCCC[C@H]2C(=O)N1C[C@@H](O)COCc1ccc(Cl)cc1. The van der Waals surface area contributed by atoms with Gasteiger partial charge in [-0.25, -0.2) is 0 Å². The van der Waals surface area contributed by atoms with E-state index >= 15 is 0 Å². The second kappa shape index (κ2) is 7.64. The van der Waals surface area contributed by atoms with Crippen LogP contribution in [0.3, 0.4) is 0 Å². The van der Waals surface area contributed by atoms with E-state index in [0.29, 0.717) is 11.6 Å². The number of halogens is 1. The van der Waals surface area contributed by atoms with Crippen molar-refractivity contribution in [3.05, 3.63) is 34.9 Å². The molecule has 1 saturated heterocycles. The molecule has 3 atom stereocenters. The highest BCUT2D eigenvalue weighted by Crippen LogP contribution is 2.37. The van der Waals surface area contributed by atoms with Crippen molar-refractivity contribution in [2.24, 2.45) is 11.8 Å². The summed E-state index contributed by atoms with van der Waals surface area (Å²) in [6.45, 7) is 0.446. The third-order valence-corrected chi connectivity index (χ3v) is 5.07. The zero-order valence-electron chi connectivity index (χ0n) is 13.5. The molecule has 0 aromatic heterocycles. The molecular weight excluding hydrogens is 330 g/mol. The van der Waals surface area contributed by atoms with Gasteiger partial charge in [0, 0.05) is 5.02 Å². The first-order valence-corrected chi connectivity index (χ1v) is 8.79. The van der Waals surface area contributed by atoms with Crippen LogP contribution in [-0.2, 0) is 20.9 Å². The van der Waals surface area contributed by atoms with Crippen molar-refractivity contribution >= 4 is 23.4 Å². The summed E-state index contributed by atoms with van der Waals surface area (Å²) < 4.78 is 5.48. The van der Waals surface area contributed by atoms with Gasteiger partial charge in [-0.2, -0.15) is 0 Å². The van der Waals surface area contributed by atoms with Gasteiger partial charge in [-0.3, -0.25) is 14.5 Å². The first-order valence-electron chi connectivity index (χ1n) is 8.41. The zero-order valence-corrected chi connectivity index (χ0v) is 14.2. The highest BCUT2D eigenvalue weighted by Gasteiger charge is 2.48. The van der Waals surface area contributed by atoms with Gasteiger partial charge in [0.1, 0.15) is 0 Å². The van der Waals surface area contributed by atoms with Crippen molar-refractivity contribution in [1.82, 2.24) is 4.90 Å². The second-order valence-corrected chi connectivity index (χ2v) is 7.02. The fourth-order valence-corrected chi connectivity index (χ4v) is 3.69. The van der Waals surface area contributed by atoms with Gasteiger partial charge in [0.2, 0.25) is 11.8 Å². The number of imide groups is 1. The van der Waals surface area contributed by atoms with Gasteiger partial charge < -0.3 is 9.84 Å². The van der Waals surface area contributed by atoms with Crippen LogP contribution in [0.15, 0.2) is 24.3 Å². The number of ether oxygens (including phenoxy) is 1. The van der Waals surface area contributed by atoms with Crippen LogP contribution < -0.4 is 0 Å². The first-order chi connectivity index (χ1) is 11.6. The van der Waals surface area contributed by atoms with Crippen molar-refractivity contribution in [2.45, 2.75) is 38.4 Å². The minimum Gasteiger partial charge on any atom is -0.389 e. The number of likely N-dealkylation sites (tertiary alicyclic amines) is 1. The Balaban J connectivity index is 1.47. The van der Waals surface area contributed by atoms with Gasteiger partial charge >= 0.3 is 0 Å². The Hall–Kier alpha value is -1.43. The topological polar surface area (TPSA) is 66.8 Å². The number of aliphatic hydroxyl groups is 1. The predicted octanol–water partition coefficient (Wildman–Crippen LogP) is 2.39. The molecule has 1 heterocycles. The van der Waals surface area contributed by atoms with E-state index in [1.807, 2.05) is 12.1 Å². The third-order valence-electron chi connectivity index (χ3n) is 4.82. The van der Waals surface area contributed by atoms with Gasteiger partial charge in [0.25, 0.3) is 0 Å². The molecule has 1 aliphatic carbocycles. The molecule has 0 spiro atoms. The highest BCUT2D eigenvalue weighted by molar-refractivity contribution is 6.30. The number of hydrogen-bond acceptors (Lipinski definition) is 4. The molecule has 3 rings (SSSR count). The number of carbonyl (C=O) groups is 2. The van der Waals surface area contributed by atoms with Gasteiger partial charge in [0.05, 0.1) is 37.7 Å². The fourth-order valence-electron chi connectivity index (χ4n) is 3.57. The molecule has 1 N–H and O–H groups in total. The maximum atomic E-state index is 12.4. The van der Waals surface area contributed by atoms with E-state index in [9.17, 15) is 14.7 Å². The average molecular weight is 352 g/mol. The molecule has 0 radical (unpaired) electrons. The van der Waals surface area contributed by atoms with E-state index in [1.54, 1.807) is 12.1 Å². The van der Waals surface area contributed by atoms with Crippen molar-refractivity contribution in [3.8, 4) is 0 Å². The Morgan fingerprint density at radius 2 is 1.71 bits per heavy atom. The van der Waals surface area contributed by atoms with E-state index in [1.165, 1.54) is 4.90 Å². The number of carbonyl (C=O) groups excluding carboxylic acids is 2. The molecule has 1 aliphatic heterocycles. The number of aliphatic hydroxyl groups excluding tert-OH is 1. The average Bonchev–Trinajstić information content (AvgIpc) is 2.82. The molecule has 1 saturated carbocycles. The van der Waals surface area contributed by atoms with Crippen LogP contribution in [0, 0.1) is 11.8 Å². The lowest BCUT2D eigenvalue weighted by Gasteiger charge is -2.19. The van der Waals surface area contributed by atoms with Crippen LogP contribution in [0.2, 0.25) is 5.02 Å². The maximum absolute atomic E-state index is 12.4. The van der Waals surface area contributed by atoms with Crippen molar-refractivity contribution in [1.29, 1.82) is 0 Å². The lowest BCUT2D eigenvalue weighted by atomic mass is 9.81. The Bertz CT molecular complexity index is 580. The van der Waals surface area contributed by atoms with E-state index < -0.39 is 6.10 Å². The van der Waals surface area contributed by atoms with Crippen LogP contribution in [0.1, 0.15) is 31.2 Å². The van der Waals surface area contributed by atoms with E-state index in [4.69, 9.17) is 16.3 Å². The molecule has 1 aromatic carbocycles. The number of hydrogen-bond donors (Lipinski definition) is 1. The van der Waals surface area contributed by atoms with Crippen molar-refractivity contribution < 1.29 is 19.4 Å². The van der Waals surface area contributed by atoms with E-state index in [2.05, 4.69) is 0 Å². The smallest absolute Gasteiger partial charge is 0.233 e. The molecular formula is C18H22ClNO4. The quantitative estimate of drug-likeness (QED) is 0.799. The second-order valence-electron chi connectivity index (χ2n) is 6.58. The molecule has 0 unspecified atom stereocenters. The van der Waals surface area contributed by atoms with E-state index in [-0.39, 0.29) is 36.8 Å². The number of rotatable bonds is 6. The summed E-state index contributed by atoms with van der Waals surface area (Å²) in [5.41, 5.74) is 0.950. The van der Waals surface area contributed by atoms with Crippen LogP contribution in [0.4, 0.5) is 0 Å². The minimum absolute atomic E-state index is 0.0191. The monoisotopic (exact) mass is 351 g/mol. The fraction of sp³-hybridized carbons (Fsp3) is 0.556. The summed E-state index contributed by atoms with van der Waals surface area (Å²) in [6, 6.07) is 7.26. The molecule has 0 bridgehead atoms. The summed E-state index contributed by atoms with van der Waals surface area (Å²) in [5, 5.41) is 10.8. The van der Waals surface area contributed by atoms with Crippen molar-refractivity contribution in [3.63, 3.8) is 0 Å². The molecule has 2 fully saturated rings. The number of nitrogens with zero attached hydrogens (tertiary/aromatic N) is 1. The molecule has 24 heavy (non-hydrogen) atoms. The zero-order chi connectivity index (χ0) is 17.1. The summed E-state index contributed by atoms with van der Waals surface area (Å²) in [7, 11) is 0. The normalized spacial score (nSPS) is 25.0. The van der Waals surface area contributed by atoms with Crippen LogP contribution in [0.5, 0.6) is 0 Å². The Morgan fingerprint density at radius 1 is 1.12 bits per heavy atom. The number of benzene rings is 1. The number of amides is 2. The highest BCUT2D eigenvalue weighted by atomic mass is 35.5. The van der Waals surface area contributed by atoms with Gasteiger partial charge in [-0.15, -0.1) is 0 Å². The van der Waals surface area contributed by atoms with Crippen LogP contribution >= 0.6 is 11.6 Å². The largest absolute Gasteiger partial charge is 0.389 e. The Morgan fingerprint density at radius 3 is 2.29 bits per heavy atom. The lowest BCUT2D eigenvalue weighted by molar-refractivity contribution is -0.142. The lowest BCUT2D eigenvalue weighted by Crippen LogP contribution is -2.39.